The number of halogens is 1. The first-order chi connectivity index (χ1) is 6.66. The number of aliphatic hydroxyl groups is 2. The lowest BCUT2D eigenvalue weighted by atomic mass is 10.0. The van der Waals surface area contributed by atoms with Gasteiger partial charge in [-0.25, -0.2) is 0 Å². The van der Waals surface area contributed by atoms with E-state index in [0.717, 1.165) is 0 Å². The van der Waals surface area contributed by atoms with E-state index < -0.39 is 12.2 Å². The molecule has 0 radical (unpaired) electrons. The Morgan fingerprint density at radius 3 is 2.50 bits per heavy atom. The molecule has 78 valence electrons. The molecule has 0 bridgehead atoms. The van der Waals surface area contributed by atoms with E-state index in [1.807, 2.05) is 6.07 Å². The molecule has 2 nitrogen and oxygen atoms in total. The number of thiol groups is 1. The summed E-state index contributed by atoms with van der Waals surface area (Å²) in [6.45, 7) is 0. The first kappa shape index (κ1) is 11.9. The molecule has 1 aromatic carbocycles. The summed E-state index contributed by atoms with van der Waals surface area (Å²) in [4.78, 5) is 0.675. The van der Waals surface area contributed by atoms with Gasteiger partial charge in [0.2, 0.25) is 0 Å². The molecule has 0 spiro atoms. The summed E-state index contributed by atoms with van der Waals surface area (Å²) in [5.41, 5.74) is 0.633. The quantitative estimate of drug-likeness (QED) is 0.549. The van der Waals surface area contributed by atoms with Crippen LogP contribution in [0.1, 0.15) is 18.1 Å². The molecule has 0 saturated carbocycles. The third-order valence-electron chi connectivity index (χ3n) is 2.02. The van der Waals surface area contributed by atoms with Crippen LogP contribution in [0.2, 0.25) is 0 Å². The lowest BCUT2D eigenvalue weighted by molar-refractivity contribution is 0.0155. The van der Waals surface area contributed by atoms with E-state index in [0.29, 0.717) is 22.8 Å². The van der Waals surface area contributed by atoms with Gasteiger partial charge < -0.3 is 10.2 Å². The molecule has 1 rings (SSSR count). The molecular weight excluding hydrogens is 220 g/mol. The summed E-state index contributed by atoms with van der Waals surface area (Å²) in [5, 5.41) is 19.3. The van der Waals surface area contributed by atoms with Gasteiger partial charge in [0, 0.05) is 10.8 Å². The molecule has 0 heterocycles. The number of alkyl halides is 1. The van der Waals surface area contributed by atoms with E-state index in [2.05, 4.69) is 12.6 Å². The number of hydrogen-bond acceptors (Lipinski definition) is 3. The molecule has 0 aliphatic rings. The largest absolute Gasteiger partial charge is 0.390 e. The van der Waals surface area contributed by atoms with E-state index in [4.69, 9.17) is 11.6 Å². The molecule has 0 saturated heterocycles. The fraction of sp³-hybridized carbons (Fsp3) is 0.400. The Morgan fingerprint density at radius 2 is 1.93 bits per heavy atom. The third kappa shape index (κ3) is 2.89. The molecule has 14 heavy (non-hydrogen) atoms. The fourth-order valence-corrected chi connectivity index (χ4v) is 1.73. The highest BCUT2D eigenvalue weighted by Gasteiger charge is 2.19. The van der Waals surface area contributed by atoms with E-state index in [9.17, 15) is 10.2 Å². The van der Waals surface area contributed by atoms with Crippen LogP contribution in [0, 0.1) is 0 Å². The highest BCUT2D eigenvalue weighted by atomic mass is 35.5. The van der Waals surface area contributed by atoms with E-state index in [1.54, 1.807) is 18.2 Å². The van der Waals surface area contributed by atoms with Crippen LogP contribution in [0.3, 0.4) is 0 Å². The summed E-state index contributed by atoms with van der Waals surface area (Å²) in [6, 6.07) is 7.14. The van der Waals surface area contributed by atoms with Crippen molar-refractivity contribution in [1.82, 2.24) is 0 Å². The lowest BCUT2D eigenvalue weighted by Gasteiger charge is -2.18. The van der Waals surface area contributed by atoms with Crippen molar-refractivity contribution in [2.24, 2.45) is 0 Å². The lowest BCUT2D eigenvalue weighted by Crippen LogP contribution is -2.19. The summed E-state index contributed by atoms with van der Waals surface area (Å²) in [5.74, 6) is 0.326. The number of benzene rings is 1. The van der Waals surface area contributed by atoms with Crippen molar-refractivity contribution in [3.8, 4) is 0 Å². The van der Waals surface area contributed by atoms with Crippen LogP contribution < -0.4 is 0 Å². The number of aliphatic hydroxyl groups excluding tert-OH is 2. The maximum Gasteiger partial charge on any atom is 0.106 e. The molecule has 0 aliphatic heterocycles. The zero-order valence-electron chi connectivity index (χ0n) is 7.60. The monoisotopic (exact) mass is 232 g/mol. The second kappa shape index (κ2) is 5.61. The minimum atomic E-state index is -0.914. The Balaban J connectivity index is 2.78. The van der Waals surface area contributed by atoms with Crippen molar-refractivity contribution in [3.63, 3.8) is 0 Å². The van der Waals surface area contributed by atoms with Gasteiger partial charge in [-0.1, -0.05) is 18.2 Å². The van der Waals surface area contributed by atoms with Gasteiger partial charge in [-0.3, -0.25) is 0 Å². The van der Waals surface area contributed by atoms with Crippen LogP contribution in [0.15, 0.2) is 29.2 Å². The molecule has 0 amide bonds. The molecule has 0 fully saturated rings. The summed E-state index contributed by atoms with van der Waals surface area (Å²) in [7, 11) is 0. The molecule has 0 aromatic heterocycles. The van der Waals surface area contributed by atoms with E-state index in [1.165, 1.54) is 0 Å². The maximum absolute atomic E-state index is 9.74. The van der Waals surface area contributed by atoms with Gasteiger partial charge in [-0.15, -0.1) is 24.2 Å². The smallest absolute Gasteiger partial charge is 0.106 e. The highest BCUT2D eigenvalue weighted by molar-refractivity contribution is 7.80. The molecule has 0 aliphatic carbocycles. The first-order valence-electron chi connectivity index (χ1n) is 4.36. The van der Waals surface area contributed by atoms with Gasteiger partial charge in [-0.2, -0.15) is 0 Å². The highest BCUT2D eigenvalue weighted by Crippen LogP contribution is 2.24. The van der Waals surface area contributed by atoms with Gasteiger partial charge in [0.1, 0.15) is 6.10 Å². The van der Waals surface area contributed by atoms with Crippen molar-refractivity contribution < 1.29 is 10.2 Å². The minimum Gasteiger partial charge on any atom is -0.390 e. The van der Waals surface area contributed by atoms with Crippen molar-refractivity contribution in [3.05, 3.63) is 29.8 Å². The van der Waals surface area contributed by atoms with Gasteiger partial charge >= 0.3 is 0 Å². The molecule has 2 N–H and O–H groups in total. The standard InChI is InChI=1S/C10H13ClO2S/c11-6-5-8(12)10(13)7-3-1-2-4-9(7)14/h1-4,8,10,12-14H,5-6H2. The Morgan fingerprint density at radius 1 is 1.29 bits per heavy atom. The predicted octanol–water partition coefficient (Wildman–Crippen LogP) is 2.00. The maximum atomic E-state index is 9.74. The van der Waals surface area contributed by atoms with Crippen molar-refractivity contribution >= 4 is 24.2 Å². The Hall–Kier alpha value is -0.220. The fourth-order valence-electron chi connectivity index (χ4n) is 1.21. The van der Waals surface area contributed by atoms with Crippen LogP contribution in [0.5, 0.6) is 0 Å². The zero-order valence-corrected chi connectivity index (χ0v) is 9.25. The van der Waals surface area contributed by atoms with Crippen molar-refractivity contribution in [1.29, 1.82) is 0 Å². The molecule has 1 aromatic rings. The molecule has 2 unspecified atom stereocenters. The van der Waals surface area contributed by atoms with Gasteiger partial charge in [-0.05, 0) is 18.1 Å². The van der Waals surface area contributed by atoms with Gasteiger partial charge in [0.25, 0.3) is 0 Å². The average molecular weight is 233 g/mol. The normalized spacial score (nSPS) is 15.1. The van der Waals surface area contributed by atoms with E-state index in [-0.39, 0.29) is 0 Å². The topological polar surface area (TPSA) is 40.5 Å². The van der Waals surface area contributed by atoms with Crippen LogP contribution in [-0.2, 0) is 0 Å². The summed E-state index contributed by atoms with van der Waals surface area (Å²) >= 11 is 9.67. The van der Waals surface area contributed by atoms with Crippen molar-refractivity contribution in [2.45, 2.75) is 23.5 Å². The molecule has 4 heteroatoms. The second-order valence-electron chi connectivity index (χ2n) is 3.05. The third-order valence-corrected chi connectivity index (χ3v) is 2.65. The Kier molecular flexibility index (Phi) is 4.75. The predicted molar refractivity (Wildman–Crippen MR) is 60.0 cm³/mol. The van der Waals surface area contributed by atoms with Crippen molar-refractivity contribution in [2.75, 3.05) is 5.88 Å². The second-order valence-corrected chi connectivity index (χ2v) is 3.91. The minimum absolute atomic E-state index is 0.326. The van der Waals surface area contributed by atoms with Crippen LogP contribution >= 0.6 is 24.2 Å². The molecular formula is C10H13ClO2S. The Bertz CT molecular complexity index is 293. The summed E-state index contributed by atoms with van der Waals surface area (Å²) in [6.07, 6.45) is -1.38. The SMILES string of the molecule is OC(CCCl)C(O)c1ccccc1S. The van der Waals surface area contributed by atoms with Crippen LogP contribution in [0.25, 0.3) is 0 Å². The number of rotatable bonds is 4. The van der Waals surface area contributed by atoms with Crippen LogP contribution in [0.4, 0.5) is 0 Å². The first-order valence-corrected chi connectivity index (χ1v) is 5.35. The summed E-state index contributed by atoms with van der Waals surface area (Å²) < 4.78 is 0. The Labute approximate surface area is 93.9 Å². The number of hydrogen-bond donors (Lipinski definition) is 3. The van der Waals surface area contributed by atoms with Gasteiger partial charge in [0.05, 0.1) is 6.10 Å². The van der Waals surface area contributed by atoms with Gasteiger partial charge in [0.15, 0.2) is 0 Å². The van der Waals surface area contributed by atoms with Crippen LogP contribution in [-0.4, -0.2) is 22.2 Å². The zero-order chi connectivity index (χ0) is 10.6. The van der Waals surface area contributed by atoms with E-state index >= 15 is 0 Å². The molecule has 2 atom stereocenters. The average Bonchev–Trinajstić information content (AvgIpc) is 2.18.